The minimum atomic E-state index is -0.382. The molecule has 26 heavy (non-hydrogen) atoms. The largest absolute Gasteiger partial charge is 0.495 e. The van der Waals surface area contributed by atoms with E-state index < -0.39 is 0 Å². The van der Waals surface area contributed by atoms with Crippen molar-refractivity contribution >= 4 is 35.3 Å². The van der Waals surface area contributed by atoms with Gasteiger partial charge < -0.3 is 9.47 Å². The van der Waals surface area contributed by atoms with Gasteiger partial charge in [0.1, 0.15) is 11.5 Å². The van der Waals surface area contributed by atoms with Crippen molar-refractivity contribution < 1.29 is 14.3 Å². The third-order valence-electron chi connectivity index (χ3n) is 3.59. The Labute approximate surface area is 162 Å². The van der Waals surface area contributed by atoms with Gasteiger partial charge in [-0.05, 0) is 44.0 Å². The second-order valence-electron chi connectivity index (χ2n) is 5.82. The normalized spacial score (nSPS) is 10.8. The maximum Gasteiger partial charge on any atom is 0.277 e. The van der Waals surface area contributed by atoms with E-state index in [0.29, 0.717) is 27.1 Å². The fourth-order valence-corrected chi connectivity index (χ4v) is 3.22. The van der Waals surface area contributed by atoms with Gasteiger partial charge in [-0.15, -0.1) is 0 Å². The van der Waals surface area contributed by atoms with E-state index in [9.17, 15) is 4.79 Å². The number of methoxy groups -OCH3 is 1. The fraction of sp³-hybridized carbons (Fsp3) is 0.263. The van der Waals surface area contributed by atoms with Crippen LogP contribution < -0.4 is 14.9 Å². The van der Waals surface area contributed by atoms with Crippen molar-refractivity contribution in [3.05, 3.63) is 56.6 Å². The molecule has 1 N–H and O–H groups in total. The Bertz CT molecular complexity index is 828. The Hall–Kier alpha value is -2.24. The average Bonchev–Trinajstić information content (AvgIpc) is 2.53. The molecule has 7 heteroatoms. The summed E-state index contributed by atoms with van der Waals surface area (Å²) >= 11 is 12.0. The monoisotopic (exact) mass is 394 g/mol. The number of carbonyl (C=O) groups is 1. The molecule has 0 fully saturated rings. The standard InChI is InChI=1S/C19H20Cl2N2O3/c1-11-5-12(2)18(13(3)6-11)26-10-17(24)23-22-9-14-7-15(20)8-16(21)19(14)25-4/h5-9H,10H2,1-4H3,(H,23,24). The molecule has 0 saturated heterocycles. The summed E-state index contributed by atoms with van der Waals surface area (Å²) in [6.45, 7) is 5.76. The molecular formula is C19H20Cl2N2O3. The Kier molecular flexibility index (Phi) is 6.89. The summed E-state index contributed by atoms with van der Waals surface area (Å²) in [5.74, 6) is 0.752. The topological polar surface area (TPSA) is 59.9 Å². The summed E-state index contributed by atoms with van der Waals surface area (Å²) < 4.78 is 10.8. The molecule has 0 heterocycles. The number of hydrogen-bond acceptors (Lipinski definition) is 4. The number of rotatable bonds is 6. The van der Waals surface area contributed by atoms with E-state index in [1.807, 2.05) is 32.9 Å². The summed E-state index contributed by atoms with van der Waals surface area (Å²) in [5.41, 5.74) is 6.07. The maximum atomic E-state index is 12.0. The predicted octanol–water partition coefficient (Wildman–Crippen LogP) is 4.46. The molecule has 2 aromatic carbocycles. The molecule has 0 aliphatic heterocycles. The highest BCUT2D eigenvalue weighted by molar-refractivity contribution is 6.36. The van der Waals surface area contributed by atoms with Crippen LogP contribution in [0.5, 0.6) is 11.5 Å². The van der Waals surface area contributed by atoms with Crippen molar-refractivity contribution in [1.82, 2.24) is 5.43 Å². The van der Waals surface area contributed by atoms with Gasteiger partial charge in [0.15, 0.2) is 6.61 Å². The van der Waals surface area contributed by atoms with Crippen LogP contribution in [-0.2, 0) is 4.79 Å². The van der Waals surface area contributed by atoms with E-state index in [1.54, 1.807) is 12.1 Å². The van der Waals surface area contributed by atoms with Crippen LogP contribution in [0.3, 0.4) is 0 Å². The van der Waals surface area contributed by atoms with E-state index in [2.05, 4.69) is 10.5 Å². The zero-order valence-corrected chi connectivity index (χ0v) is 16.5. The molecule has 0 aromatic heterocycles. The number of amides is 1. The van der Waals surface area contributed by atoms with Crippen molar-refractivity contribution in [2.24, 2.45) is 5.10 Å². The van der Waals surface area contributed by atoms with Gasteiger partial charge >= 0.3 is 0 Å². The summed E-state index contributed by atoms with van der Waals surface area (Å²) in [7, 11) is 1.49. The Morgan fingerprint density at radius 3 is 2.38 bits per heavy atom. The number of halogens is 2. The molecule has 0 aliphatic rings. The first kappa shape index (κ1) is 20.1. The number of ether oxygens (including phenoxy) is 2. The first-order valence-electron chi connectivity index (χ1n) is 7.87. The van der Waals surface area contributed by atoms with Crippen molar-refractivity contribution in [1.29, 1.82) is 0 Å². The first-order chi connectivity index (χ1) is 12.3. The molecule has 0 aliphatic carbocycles. The van der Waals surface area contributed by atoms with Gasteiger partial charge in [0.25, 0.3) is 5.91 Å². The van der Waals surface area contributed by atoms with Crippen LogP contribution in [0.4, 0.5) is 0 Å². The van der Waals surface area contributed by atoms with Gasteiger partial charge in [0, 0.05) is 10.6 Å². The molecule has 2 aromatic rings. The van der Waals surface area contributed by atoms with Gasteiger partial charge in [-0.3, -0.25) is 4.79 Å². The number of carbonyl (C=O) groups excluding carboxylic acids is 1. The highest BCUT2D eigenvalue weighted by atomic mass is 35.5. The minimum absolute atomic E-state index is 0.143. The average molecular weight is 395 g/mol. The number of nitrogens with zero attached hydrogens (tertiary/aromatic N) is 1. The van der Waals surface area contributed by atoms with Crippen LogP contribution in [0.15, 0.2) is 29.4 Å². The Balaban J connectivity index is 1.99. The van der Waals surface area contributed by atoms with E-state index in [-0.39, 0.29) is 12.5 Å². The van der Waals surface area contributed by atoms with E-state index in [1.165, 1.54) is 13.3 Å². The van der Waals surface area contributed by atoms with Gasteiger partial charge in [0.05, 0.1) is 18.3 Å². The molecular weight excluding hydrogens is 375 g/mol. The van der Waals surface area contributed by atoms with Gasteiger partial charge in [0.2, 0.25) is 0 Å². The minimum Gasteiger partial charge on any atom is -0.495 e. The zero-order chi connectivity index (χ0) is 19.3. The van der Waals surface area contributed by atoms with E-state index >= 15 is 0 Å². The lowest BCUT2D eigenvalue weighted by atomic mass is 10.1. The van der Waals surface area contributed by atoms with Gasteiger partial charge in [-0.2, -0.15) is 5.10 Å². The first-order valence-corrected chi connectivity index (χ1v) is 8.63. The van der Waals surface area contributed by atoms with Crippen molar-refractivity contribution in [3.63, 3.8) is 0 Å². The number of benzene rings is 2. The third kappa shape index (κ3) is 5.13. The second kappa shape index (κ2) is 8.92. The lowest BCUT2D eigenvalue weighted by Gasteiger charge is -2.12. The summed E-state index contributed by atoms with van der Waals surface area (Å²) in [4.78, 5) is 12.0. The van der Waals surface area contributed by atoms with Gasteiger partial charge in [-0.25, -0.2) is 5.43 Å². The third-order valence-corrected chi connectivity index (χ3v) is 4.09. The predicted molar refractivity (Wildman–Crippen MR) is 105 cm³/mol. The number of hydrogen-bond donors (Lipinski definition) is 1. The van der Waals surface area contributed by atoms with Crippen LogP contribution in [0.25, 0.3) is 0 Å². The van der Waals surface area contributed by atoms with Crippen molar-refractivity contribution in [3.8, 4) is 11.5 Å². The Morgan fingerprint density at radius 1 is 1.12 bits per heavy atom. The van der Waals surface area contributed by atoms with Crippen LogP contribution in [0, 0.1) is 20.8 Å². The molecule has 5 nitrogen and oxygen atoms in total. The van der Waals surface area contributed by atoms with Crippen LogP contribution in [0.1, 0.15) is 22.3 Å². The smallest absolute Gasteiger partial charge is 0.277 e. The van der Waals surface area contributed by atoms with Gasteiger partial charge in [-0.1, -0.05) is 40.9 Å². The summed E-state index contributed by atoms with van der Waals surface area (Å²) in [5, 5.41) is 4.71. The second-order valence-corrected chi connectivity index (χ2v) is 6.66. The van der Waals surface area contributed by atoms with Crippen LogP contribution in [-0.4, -0.2) is 25.8 Å². The quantitative estimate of drug-likeness (QED) is 0.581. The summed E-state index contributed by atoms with van der Waals surface area (Å²) in [6, 6.07) is 7.22. The molecule has 0 saturated carbocycles. The number of nitrogens with one attached hydrogen (secondary N) is 1. The fourth-order valence-electron chi connectivity index (χ4n) is 2.63. The van der Waals surface area contributed by atoms with E-state index in [4.69, 9.17) is 32.7 Å². The molecule has 0 bridgehead atoms. The number of hydrazone groups is 1. The van der Waals surface area contributed by atoms with Crippen molar-refractivity contribution in [2.45, 2.75) is 20.8 Å². The highest BCUT2D eigenvalue weighted by Crippen LogP contribution is 2.31. The molecule has 138 valence electrons. The molecule has 0 radical (unpaired) electrons. The molecule has 0 atom stereocenters. The Morgan fingerprint density at radius 2 is 1.77 bits per heavy atom. The molecule has 0 spiro atoms. The number of aryl methyl sites for hydroxylation is 3. The lowest BCUT2D eigenvalue weighted by Crippen LogP contribution is -2.25. The van der Waals surface area contributed by atoms with Crippen molar-refractivity contribution in [2.75, 3.05) is 13.7 Å². The van der Waals surface area contributed by atoms with Crippen LogP contribution >= 0.6 is 23.2 Å². The summed E-state index contributed by atoms with van der Waals surface area (Å²) in [6.07, 6.45) is 1.41. The SMILES string of the molecule is COc1c(Cl)cc(Cl)cc1C=NNC(=O)COc1c(C)cc(C)cc1C. The molecule has 2 rings (SSSR count). The molecule has 0 unspecified atom stereocenters. The maximum absolute atomic E-state index is 12.0. The lowest BCUT2D eigenvalue weighted by molar-refractivity contribution is -0.123. The van der Waals surface area contributed by atoms with Crippen LogP contribution in [0.2, 0.25) is 10.0 Å². The molecule has 1 amide bonds. The van der Waals surface area contributed by atoms with E-state index in [0.717, 1.165) is 16.7 Å². The highest BCUT2D eigenvalue weighted by Gasteiger charge is 2.10. The zero-order valence-electron chi connectivity index (χ0n) is 15.0.